The monoisotopic (exact) mass is 386 g/mol. The van der Waals surface area contributed by atoms with Gasteiger partial charge in [-0.15, -0.1) is 6.42 Å². The zero-order valence-electron chi connectivity index (χ0n) is 18.3. The topological polar surface area (TPSA) is 38.7 Å². The van der Waals surface area contributed by atoms with Crippen LogP contribution in [-0.2, 0) is 9.47 Å². The van der Waals surface area contributed by atoms with Gasteiger partial charge in [-0.3, -0.25) is 0 Å². The minimum Gasteiger partial charge on any atom is -0.377 e. The summed E-state index contributed by atoms with van der Waals surface area (Å²) < 4.78 is 11.6. The van der Waals surface area contributed by atoms with Gasteiger partial charge >= 0.3 is 0 Å². The van der Waals surface area contributed by atoms with Crippen LogP contribution in [0.25, 0.3) is 0 Å². The van der Waals surface area contributed by atoms with Crippen molar-refractivity contribution in [1.29, 1.82) is 0 Å². The lowest BCUT2D eigenvalue weighted by atomic mass is 9.45. The fourth-order valence-corrected chi connectivity index (χ4v) is 8.36. The fourth-order valence-electron chi connectivity index (χ4n) is 8.36. The first-order chi connectivity index (χ1) is 13.2. The van der Waals surface area contributed by atoms with Gasteiger partial charge in [0.25, 0.3) is 0 Å². The van der Waals surface area contributed by atoms with Gasteiger partial charge in [-0.25, -0.2) is 0 Å². The molecule has 4 aliphatic carbocycles. The van der Waals surface area contributed by atoms with Crippen LogP contribution in [0.2, 0.25) is 0 Å². The molecule has 0 aromatic heterocycles. The van der Waals surface area contributed by atoms with Crippen molar-refractivity contribution < 1.29 is 14.6 Å². The molecule has 5 unspecified atom stereocenters. The van der Waals surface area contributed by atoms with Gasteiger partial charge in [-0.2, -0.15) is 0 Å². The van der Waals surface area contributed by atoms with E-state index in [0.717, 1.165) is 32.1 Å². The Morgan fingerprint density at radius 2 is 1.89 bits per heavy atom. The average Bonchev–Trinajstić information content (AvgIpc) is 2.87. The van der Waals surface area contributed by atoms with Gasteiger partial charge in [0.05, 0.1) is 0 Å². The minimum absolute atomic E-state index is 0.143. The molecule has 0 aromatic carbocycles. The standard InChI is InChI=1S/C25H38O3/c1-8-25(26)17(4)12-20-22-15(2)11-18-14-24(27-6,28-7)10-9-19(18)21(22)16(3)13-23(20,25)5/h1,15,17-22,26H,3,9-14H2,2,4-7H3/t15-,17-,18?,19?,20?,21?,22?,23+,25+/m1/s1. The molecule has 4 saturated carbocycles. The first-order valence-electron chi connectivity index (χ1n) is 11.1. The molecule has 28 heavy (non-hydrogen) atoms. The van der Waals surface area contributed by atoms with Crippen molar-refractivity contribution in [2.45, 2.75) is 70.7 Å². The van der Waals surface area contributed by atoms with Crippen LogP contribution in [0.5, 0.6) is 0 Å². The summed E-state index contributed by atoms with van der Waals surface area (Å²) in [5.74, 6) is 6.04. The number of hydrogen-bond acceptors (Lipinski definition) is 3. The summed E-state index contributed by atoms with van der Waals surface area (Å²) in [6, 6.07) is 0. The maximum Gasteiger partial charge on any atom is 0.167 e. The van der Waals surface area contributed by atoms with Crippen molar-refractivity contribution >= 4 is 0 Å². The van der Waals surface area contributed by atoms with Gasteiger partial charge in [0.1, 0.15) is 5.60 Å². The highest BCUT2D eigenvalue weighted by atomic mass is 16.7. The molecule has 0 aliphatic heterocycles. The second-order valence-corrected chi connectivity index (χ2v) is 10.7. The lowest BCUT2D eigenvalue weighted by Crippen LogP contribution is -2.57. The van der Waals surface area contributed by atoms with Crippen molar-refractivity contribution in [3.63, 3.8) is 0 Å². The highest BCUT2D eigenvalue weighted by Crippen LogP contribution is 2.68. The minimum atomic E-state index is -1.02. The number of hydrogen-bond donors (Lipinski definition) is 1. The largest absolute Gasteiger partial charge is 0.377 e. The second kappa shape index (κ2) is 6.59. The van der Waals surface area contributed by atoms with E-state index in [-0.39, 0.29) is 11.3 Å². The van der Waals surface area contributed by atoms with Crippen molar-refractivity contribution in [3.8, 4) is 12.3 Å². The zero-order chi connectivity index (χ0) is 20.5. The number of terminal acetylenes is 1. The van der Waals surface area contributed by atoms with E-state index in [1.54, 1.807) is 14.2 Å². The first-order valence-corrected chi connectivity index (χ1v) is 11.1. The summed E-state index contributed by atoms with van der Waals surface area (Å²) in [6.07, 6.45) is 12.1. The Kier molecular flexibility index (Phi) is 4.82. The second-order valence-electron chi connectivity index (χ2n) is 10.7. The molecule has 3 heteroatoms. The molecule has 4 aliphatic rings. The molecule has 0 radical (unpaired) electrons. The normalized spacial score (nSPS) is 52.3. The third kappa shape index (κ3) is 2.47. The zero-order valence-corrected chi connectivity index (χ0v) is 18.3. The lowest BCUT2D eigenvalue weighted by molar-refractivity contribution is -0.248. The lowest BCUT2D eigenvalue weighted by Gasteiger charge is -2.60. The van der Waals surface area contributed by atoms with Crippen molar-refractivity contribution in [2.24, 2.45) is 46.8 Å². The Bertz CT molecular complexity index is 688. The summed E-state index contributed by atoms with van der Waals surface area (Å²) in [5, 5.41) is 11.5. The summed E-state index contributed by atoms with van der Waals surface area (Å²) in [4.78, 5) is 0. The number of fused-ring (bicyclic) bond motifs is 5. The number of allylic oxidation sites excluding steroid dienone is 1. The third-order valence-corrected chi connectivity index (χ3v) is 9.75. The molecule has 3 nitrogen and oxygen atoms in total. The van der Waals surface area contributed by atoms with Gasteiger partial charge in [0, 0.05) is 32.5 Å². The fraction of sp³-hybridized carbons (Fsp3) is 0.840. The highest BCUT2D eigenvalue weighted by molar-refractivity contribution is 5.31. The molecule has 0 spiro atoms. The molecule has 1 N–H and O–H groups in total. The molecule has 0 saturated heterocycles. The summed E-state index contributed by atoms with van der Waals surface area (Å²) in [5.41, 5.74) is 0.0592. The molecule has 0 bridgehead atoms. The van der Waals surface area contributed by atoms with E-state index in [2.05, 4.69) is 33.3 Å². The highest BCUT2D eigenvalue weighted by Gasteiger charge is 2.67. The van der Waals surface area contributed by atoms with Gasteiger partial charge in [0.2, 0.25) is 0 Å². The predicted molar refractivity (Wildman–Crippen MR) is 111 cm³/mol. The van der Waals surface area contributed by atoms with Gasteiger partial charge in [-0.05, 0) is 67.1 Å². The Morgan fingerprint density at radius 1 is 1.21 bits per heavy atom. The first kappa shape index (κ1) is 20.5. The van der Waals surface area contributed by atoms with E-state index >= 15 is 0 Å². The van der Waals surface area contributed by atoms with E-state index in [0.29, 0.717) is 35.5 Å². The van der Waals surface area contributed by atoms with Crippen LogP contribution in [0.15, 0.2) is 12.2 Å². The molecular formula is C25H38O3. The predicted octanol–water partition coefficient (Wildman–Crippen LogP) is 4.65. The van der Waals surface area contributed by atoms with E-state index in [1.807, 2.05) is 0 Å². The van der Waals surface area contributed by atoms with Crippen LogP contribution in [0, 0.1) is 59.2 Å². The van der Waals surface area contributed by atoms with Gasteiger partial charge in [0.15, 0.2) is 5.79 Å². The Hall–Kier alpha value is -0.820. The maximum atomic E-state index is 11.5. The SMILES string of the molecule is C#C[C@]1(O)[C@H](C)CC2C3C(C(=C)C[C@@]21C)C1CCC(OC)(OC)CC1C[C@H]3C. The van der Waals surface area contributed by atoms with E-state index in [1.165, 1.54) is 12.0 Å². The van der Waals surface area contributed by atoms with Crippen LogP contribution in [0.3, 0.4) is 0 Å². The Labute approximate surface area is 171 Å². The molecule has 4 fully saturated rings. The third-order valence-electron chi connectivity index (χ3n) is 9.75. The van der Waals surface area contributed by atoms with Crippen LogP contribution in [-0.4, -0.2) is 30.7 Å². The summed E-state index contributed by atoms with van der Waals surface area (Å²) in [6.45, 7) is 11.4. The Balaban J connectivity index is 1.68. The van der Waals surface area contributed by atoms with E-state index < -0.39 is 11.4 Å². The molecular weight excluding hydrogens is 348 g/mol. The van der Waals surface area contributed by atoms with Crippen LogP contribution in [0.4, 0.5) is 0 Å². The summed E-state index contributed by atoms with van der Waals surface area (Å²) >= 11 is 0. The molecule has 0 heterocycles. The van der Waals surface area contributed by atoms with Gasteiger partial charge < -0.3 is 14.6 Å². The quantitative estimate of drug-likeness (QED) is 0.426. The van der Waals surface area contributed by atoms with E-state index in [4.69, 9.17) is 15.9 Å². The smallest absolute Gasteiger partial charge is 0.167 e. The molecule has 0 amide bonds. The number of ether oxygens (including phenoxy) is 2. The van der Waals surface area contributed by atoms with E-state index in [9.17, 15) is 5.11 Å². The van der Waals surface area contributed by atoms with Crippen LogP contribution >= 0.6 is 0 Å². The maximum absolute atomic E-state index is 11.5. The average molecular weight is 387 g/mol. The van der Waals surface area contributed by atoms with Crippen molar-refractivity contribution in [3.05, 3.63) is 12.2 Å². The molecule has 4 rings (SSSR count). The van der Waals surface area contributed by atoms with Crippen molar-refractivity contribution in [1.82, 2.24) is 0 Å². The van der Waals surface area contributed by atoms with Crippen LogP contribution < -0.4 is 0 Å². The van der Waals surface area contributed by atoms with Gasteiger partial charge in [-0.1, -0.05) is 38.8 Å². The van der Waals surface area contributed by atoms with Crippen LogP contribution in [0.1, 0.15) is 59.3 Å². The molecule has 9 atom stereocenters. The number of rotatable bonds is 2. The number of methoxy groups -OCH3 is 2. The molecule has 0 aromatic rings. The number of aliphatic hydroxyl groups is 1. The van der Waals surface area contributed by atoms with Crippen molar-refractivity contribution in [2.75, 3.05) is 14.2 Å². The summed E-state index contributed by atoms with van der Waals surface area (Å²) in [7, 11) is 3.56. The molecule has 156 valence electrons. The Morgan fingerprint density at radius 3 is 2.50 bits per heavy atom.